The lowest BCUT2D eigenvalue weighted by Crippen LogP contribution is -2.21. The first-order valence-corrected chi connectivity index (χ1v) is 6.91. The molecule has 0 radical (unpaired) electrons. The van der Waals surface area contributed by atoms with Gasteiger partial charge in [0.15, 0.2) is 5.57 Å². The zero-order valence-corrected chi connectivity index (χ0v) is 11.8. The largest absolute Gasteiger partial charge is 0.462 e. The molecule has 0 aliphatic rings. The normalized spacial score (nSPS) is 11.5. The van der Waals surface area contributed by atoms with E-state index in [2.05, 4.69) is 6.92 Å². The molecule has 0 aliphatic heterocycles. The average molecular weight is 256 g/mol. The molecule has 0 heterocycles. The molecule has 0 atom stereocenters. The molecule has 0 spiro atoms. The number of nitrogens with zero attached hydrogens (tertiary/aromatic N) is 2. The quantitative estimate of drug-likeness (QED) is 0.398. The number of esters is 1. The van der Waals surface area contributed by atoms with E-state index in [1.807, 2.05) is 24.3 Å². The third-order valence-corrected chi connectivity index (χ3v) is 3.09. The minimum atomic E-state index is -0.539. The molecule has 0 N–H and O–H groups in total. The summed E-state index contributed by atoms with van der Waals surface area (Å²) in [6, 6.07) is 1.94. The first kappa shape index (κ1) is 15.9. The Hall–Kier alpha value is -1.15. The van der Waals surface area contributed by atoms with Gasteiger partial charge in [0.1, 0.15) is 6.07 Å². The lowest BCUT2D eigenvalue weighted by Gasteiger charge is -2.21. The van der Waals surface area contributed by atoms with Crippen LogP contribution in [0.5, 0.6) is 0 Å². The number of ether oxygens (including phenoxy) is 1. The van der Waals surface area contributed by atoms with E-state index >= 15 is 0 Å². The van der Waals surface area contributed by atoms with Gasteiger partial charge in [-0.1, -0.05) is 13.3 Å². The second kappa shape index (κ2) is 8.94. The van der Waals surface area contributed by atoms with Crippen LogP contribution in [-0.4, -0.2) is 37.3 Å². The predicted molar refractivity (Wildman–Crippen MR) is 70.3 cm³/mol. The summed E-state index contributed by atoms with van der Waals surface area (Å²) in [5.74, 6) is -0.539. The number of unbranched alkanes of at least 4 members (excludes halogenated alkanes) is 1. The summed E-state index contributed by atoms with van der Waals surface area (Å²) in [5, 5.41) is 9.73. The van der Waals surface area contributed by atoms with E-state index in [0.717, 1.165) is 19.4 Å². The van der Waals surface area contributed by atoms with E-state index in [1.54, 1.807) is 6.92 Å². The molecule has 4 nitrogen and oxygen atoms in total. The topological polar surface area (TPSA) is 53.3 Å². The zero-order valence-electron chi connectivity index (χ0n) is 10.9. The van der Waals surface area contributed by atoms with Gasteiger partial charge in [0, 0.05) is 13.6 Å². The Morgan fingerprint density at radius 1 is 1.47 bits per heavy atom. The second-order valence-electron chi connectivity index (χ2n) is 3.49. The monoisotopic (exact) mass is 256 g/mol. The van der Waals surface area contributed by atoms with Crippen molar-refractivity contribution in [3.8, 4) is 6.07 Å². The highest BCUT2D eigenvalue weighted by atomic mass is 32.2. The van der Waals surface area contributed by atoms with Crippen molar-refractivity contribution in [2.45, 2.75) is 26.7 Å². The van der Waals surface area contributed by atoms with E-state index in [4.69, 9.17) is 10.00 Å². The molecule has 0 bridgehead atoms. The minimum Gasteiger partial charge on any atom is -0.462 e. The number of nitriles is 1. The highest BCUT2D eigenvalue weighted by Gasteiger charge is 2.18. The van der Waals surface area contributed by atoms with Crippen molar-refractivity contribution in [3.63, 3.8) is 0 Å². The molecule has 0 amide bonds. The van der Waals surface area contributed by atoms with E-state index in [1.165, 1.54) is 11.8 Å². The molecule has 96 valence electrons. The summed E-state index contributed by atoms with van der Waals surface area (Å²) >= 11 is 1.40. The smallest absolute Gasteiger partial charge is 0.351 e. The van der Waals surface area contributed by atoms with Gasteiger partial charge in [-0.2, -0.15) is 5.26 Å². The van der Waals surface area contributed by atoms with Crippen LogP contribution >= 0.6 is 11.8 Å². The molecule has 0 fully saturated rings. The number of carbonyl (C=O) groups excluding carboxylic acids is 1. The maximum absolute atomic E-state index is 11.6. The summed E-state index contributed by atoms with van der Waals surface area (Å²) in [7, 11) is 1.89. The number of thioether (sulfide) groups is 1. The molecule has 17 heavy (non-hydrogen) atoms. The van der Waals surface area contributed by atoms with E-state index in [9.17, 15) is 4.79 Å². The Bertz CT molecular complexity index is 321. The lowest BCUT2D eigenvalue weighted by atomic mass is 10.3. The Kier molecular flexibility index (Phi) is 8.34. The van der Waals surface area contributed by atoms with Crippen LogP contribution in [0.15, 0.2) is 10.6 Å². The lowest BCUT2D eigenvalue weighted by molar-refractivity contribution is -0.138. The molecular weight excluding hydrogens is 236 g/mol. The summed E-state index contributed by atoms with van der Waals surface area (Å²) in [5.41, 5.74) is 0.0953. The van der Waals surface area contributed by atoms with E-state index < -0.39 is 5.97 Å². The molecule has 5 heteroatoms. The summed E-state index contributed by atoms with van der Waals surface area (Å²) < 4.78 is 4.87. The van der Waals surface area contributed by atoms with E-state index in [0.29, 0.717) is 5.03 Å². The Balaban J connectivity index is 4.98. The van der Waals surface area contributed by atoms with Crippen LogP contribution in [0.1, 0.15) is 26.7 Å². The van der Waals surface area contributed by atoms with Gasteiger partial charge in [0.2, 0.25) is 0 Å². The maximum Gasteiger partial charge on any atom is 0.351 e. The van der Waals surface area contributed by atoms with Crippen molar-refractivity contribution in [2.24, 2.45) is 0 Å². The molecule has 0 aromatic carbocycles. The highest BCUT2D eigenvalue weighted by Crippen LogP contribution is 2.21. The first-order chi connectivity index (χ1) is 8.12. The molecule has 0 saturated carbocycles. The third kappa shape index (κ3) is 5.14. The maximum atomic E-state index is 11.6. The van der Waals surface area contributed by atoms with Crippen molar-refractivity contribution in [1.29, 1.82) is 5.26 Å². The number of carbonyl (C=O) groups is 1. The predicted octanol–water partition coefficient (Wildman–Crippen LogP) is 2.38. The van der Waals surface area contributed by atoms with Crippen molar-refractivity contribution in [3.05, 3.63) is 10.6 Å². The molecule has 0 saturated heterocycles. The average Bonchev–Trinajstić information content (AvgIpc) is 2.32. The van der Waals surface area contributed by atoms with Gasteiger partial charge in [-0.15, -0.1) is 11.8 Å². The van der Waals surface area contributed by atoms with Gasteiger partial charge < -0.3 is 9.64 Å². The van der Waals surface area contributed by atoms with Crippen LogP contribution in [0, 0.1) is 11.3 Å². The fourth-order valence-corrected chi connectivity index (χ4v) is 2.07. The number of hydrogen-bond donors (Lipinski definition) is 0. The molecule has 0 unspecified atom stereocenters. The number of rotatable bonds is 7. The van der Waals surface area contributed by atoms with Gasteiger partial charge in [-0.3, -0.25) is 0 Å². The van der Waals surface area contributed by atoms with Crippen molar-refractivity contribution >= 4 is 17.7 Å². The molecule has 0 aromatic heterocycles. The third-order valence-electron chi connectivity index (χ3n) is 2.19. The summed E-state index contributed by atoms with van der Waals surface area (Å²) in [4.78, 5) is 13.5. The molecule has 0 aromatic rings. The fourth-order valence-electron chi connectivity index (χ4n) is 1.33. The zero-order chi connectivity index (χ0) is 13.3. The first-order valence-electron chi connectivity index (χ1n) is 5.68. The number of hydrogen-bond acceptors (Lipinski definition) is 5. The fraction of sp³-hybridized carbons (Fsp3) is 0.667. The van der Waals surface area contributed by atoms with Crippen LogP contribution in [0.4, 0.5) is 0 Å². The van der Waals surface area contributed by atoms with Crippen LogP contribution in [0.25, 0.3) is 0 Å². The summed E-state index contributed by atoms with van der Waals surface area (Å²) in [6.45, 7) is 4.95. The van der Waals surface area contributed by atoms with Crippen LogP contribution in [-0.2, 0) is 9.53 Å². The van der Waals surface area contributed by atoms with Crippen molar-refractivity contribution in [2.75, 3.05) is 26.5 Å². The molecular formula is C12H20N2O2S. The molecule has 0 aliphatic carbocycles. The van der Waals surface area contributed by atoms with Gasteiger partial charge >= 0.3 is 5.97 Å². The second-order valence-corrected chi connectivity index (χ2v) is 4.29. The molecule has 0 rings (SSSR count). The Morgan fingerprint density at radius 2 is 2.12 bits per heavy atom. The van der Waals surface area contributed by atoms with Gasteiger partial charge in [-0.25, -0.2) is 4.79 Å². The minimum absolute atomic E-state index is 0.0953. The van der Waals surface area contributed by atoms with Crippen molar-refractivity contribution < 1.29 is 9.53 Å². The summed E-state index contributed by atoms with van der Waals surface area (Å²) in [6.07, 6.45) is 3.96. The van der Waals surface area contributed by atoms with Gasteiger partial charge in [0.25, 0.3) is 0 Å². The van der Waals surface area contributed by atoms with Crippen LogP contribution < -0.4 is 0 Å². The SMILES string of the molecule is CCCCN(C)/C(SC)=C(\C#N)C(=O)OCC. The Morgan fingerprint density at radius 3 is 2.53 bits per heavy atom. The standard InChI is InChI=1S/C12H20N2O2S/c1-5-7-8-14(3)11(17-4)10(9-13)12(15)16-6-2/h5-8H2,1-4H3/b11-10-. The Labute approximate surface area is 108 Å². The highest BCUT2D eigenvalue weighted by molar-refractivity contribution is 8.02. The van der Waals surface area contributed by atoms with Crippen LogP contribution in [0.2, 0.25) is 0 Å². The van der Waals surface area contributed by atoms with Gasteiger partial charge in [-0.05, 0) is 19.6 Å². The van der Waals surface area contributed by atoms with Crippen LogP contribution in [0.3, 0.4) is 0 Å². The van der Waals surface area contributed by atoms with Crippen molar-refractivity contribution in [1.82, 2.24) is 4.90 Å². The van der Waals surface area contributed by atoms with Gasteiger partial charge in [0.05, 0.1) is 11.6 Å². The van der Waals surface area contributed by atoms with E-state index in [-0.39, 0.29) is 12.2 Å².